The van der Waals surface area contributed by atoms with Crippen molar-refractivity contribution in [3.63, 3.8) is 0 Å². The summed E-state index contributed by atoms with van der Waals surface area (Å²) in [6, 6.07) is 0. The molecule has 22 heavy (non-hydrogen) atoms. The van der Waals surface area contributed by atoms with Crippen LogP contribution < -0.4 is 0 Å². The number of ketones is 1. The topological polar surface area (TPSA) is 216 Å². The second-order valence-electron chi connectivity index (χ2n) is 4.18. The highest BCUT2D eigenvalue weighted by molar-refractivity contribution is 5.84. The van der Waals surface area contributed by atoms with Gasteiger partial charge in [0.15, 0.2) is 12.1 Å². The molecule has 0 aliphatic heterocycles. The van der Waals surface area contributed by atoms with Crippen LogP contribution in [0, 0.1) is 0 Å². The first-order valence-corrected chi connectivity index (χ1v) is 6.06. The number of hydrogen-bond acceptors (Lipinski definition) is 11. The van der Waals surface area contributed by atoms with Gasteiger partial charge in [-0.25, -0.2) is 0 Å². The van der Waals surface area contributed by atoms with E-state index >= 15 is 0 Å². The molecule has 0 aliphatic rings. The summed E-state index contributed by atoms with van der Waals surface area (Å²) in [4.78, 5) is 20.2. The quantitative estimate of drug-likeness (QED) is 0.181. The smallest absolute Gasteiger partial charge is 0.189 e. The van der Waals surface area contributed by atoms with Gasteiger partial charge < -0.3 is 50.8 Å². The molecule has 0 fully saturated rings. The number of carbonyl (C=O) groups excluding carboxylic acids is 2. The second-order valence-corrected chi connectivity index (χ2v) is 4.18. The van der Waals surface area contributed by atoms with Crippen LogP contribution >= 0.6 is 0 Å². The standard InChI is InChI=1S/C6H12O6.C5H10O5/c7-1-3(9)5(11)6(12)4(10)2-8;6-1-3(8)5(10)4(9)2-7/h1,3-6,8-12H,2H2;3,5-8,10H,1-2H2. The van der Waals surface area contributed by atoms with Crippen LogP contribution in [0.5, 0.6) is 0 Å². The van der Waals surface area contributed by atoms with Gasteiger partial charge in [0.05, 0.1) is 13.2 Å². The molecule has 0 aliphatic carbocycles. The maximum absolute atomic E-state index is 10.3. The van der Waals surface area contributed by atoms with Crippen LogP contribution in [0.15, 0.2) is 0 Å². The zero-order valence-corrected chi connectivity index (χ0v) is 11.5. The molecular formula is C11H22O11. The molecule has 0 saturated heterocycles. The summed E-state index contributed by atoms with van der Waals surface area (Å²) in [6.07, 6.45) is -10.0. The minimum atomic E-state index is -1.79. The molecule has 0 aromatic heterocycles. The van der Waals surface area contributed by atoms with Gasteiger partial charge in [0.2, 0.25) is 0 Å². The van der Waals surface area contributed by atoms with Gasteiger partial charge >= 0.3 is 0 Å². The van der Waals surface area contributed by atoms with Crippen molar-refractivity contribution in [2.75, 3.05) is 19.8 Å². The molecule has 0 aromatic rings. The Kier molecular flexibility index (Phi) is 13.2. The molecule has 0 bridgehead atoms. The van der Waals surface area contributed by atoms with Gasteiger partial charge in [-0.15, -0.1) is 0 Å². The Hall–Kier alpha value is -1.02. The molecule has 11 nitrogen and oxygen atoms in total. The monoisotopic (exact) mass is 330 g/mol. The minimum absolute atomic E-state index is 0.0258. The number of Topliss-reactive ketones (excluding diaryl/α,β-unsaturated/α-hetero) is 1. The van der Waals surface area contributed by atoms with E-state index in [-0.39, 0.29) is 6.29 Å². The lowest BCUT2D eigenvalue weighted by Crippen LogP contribution is -2.46. The van der Waals surface area contributed by atoms with Gasteiger partial charge in [-0.2, -0.15) is 0 Å². The summed E-state index contributed by atoms with van der Waals surface area (Å²) < 4.78 is 0. The van der Waals surface area contributed by atoms with Crippen molar-refractivity contribution in [1.29, 1.82) is 0 Å². The zero-order chi connectivity index (χ0) is 17.9. The average Bonchev–Trinajstić information content (AvgIpc) is 2.56. The highest BCUT2D eigenvalue weighted by atomic mass is 16.4. The predicted molar refractivity (Wildman–Crippen MR) is 68.4 cm³/mol. The Labute approximate surface area is 125 Å². The highest BCUT2D eigenvalue weighted by Gasteiger charge is 2.29. The average molecular weight is 330 g/mol. The molecule has 0 amide bonds. The van der Waals surface area contributed by atoms with Crippen molar-refractivity contribution in [2.45, 2.75) is 36.6 Å². The lowest BCUT2D eigenvalue weighted by Gasteiger charge is -2.22. The Morgan fingerprint density at radius 3 is 1.59 bits per heavy atom. The highest BCUT2D eigenvalue weighted by Crippen LogP contribution is 2.02. The fourth-order valence-corrected chi connectivity index (χ4v) is 1.03. The normalized spacial score (nSPS) is 19.0. The van der Waals surface area contributed by atoms with Crippen LogP contribution in [0.25, 0.3) is 0 Å². The molecule has 6 unspecified atom stereocenters. The van der Waals surface area contributed by atoms with Gasteiger partial charge in [0, 0.05) is 0 Å². The van der Waals surface area contributed by atoms with Gasteiger partial charge in [-0.3, -0.25) is 4.79 Å². The summed E-state index contributed by atoms with van der Waals surface area (Å²) in [6.45, 7) is -2.30. The van der Waals surface area contributed by atoms with E-state index in [0.717, 1.165) is 0 Å². The molecule has 6 atom stereocenters. The van der Waals surface area contributed by atoms with Crippen molar-refractivity contribution in [1.82, 2.24) is 0 Å². The first-order valence-electron chi connectivity index (χ1n) is 6.06. The molecule has 0 rings (SSSR count). The molecule has 0 aromatic carbocycles. The zero-order valence-electron chi connectivity index (χ0n) is 11.5. The maximum atomic E-state index is 10.3. The van der Waals surface area contributed by atoms with E-state index in [1.807, 2.05) is 0 Å². The van der Waals surface area contributed by atoms with E-state index in [4.69, 9.17) is 46.0 Å². The number of hydrogen-bond donors (Lipinski definition) is 9. The number of rotatable bonds is 9. The summed E-state index contributed by atoms with van der Waals surface area (Å²) in [5.41, 5.74) is 0. The van der Waals surface area contributed by atoms with Gasteiger partial charge in [-0.05, 0) is 0 Å². The first-order chi connectivity index (χ1) is 10.2. The molecule has 0 saturated carbocycles. The van der Waals surface area contributed by atoms with Crippen LogP contribution in [0.4, 0.5) is 0 Å². The Bertz CT molecular complexity index is 310. The number of aliphatic hydroxyl groups is 9. The third-order valence-corrected chi connectivity index (χ3v) is 2.46. The van der Waals surface area contributed by atoms with E-state index in [2.05, 4.69) is 0 Å². The van der Waals surface area contributed by atoms with Crippen LogP contribution in [-0.4, -0.2) is 114 Å². The summed E-state index contributed by atoms with van der Waals surface area (Å²) >= 11 is 0. The molecule has 132 valence electrons. The molecule has 0 spiro atoms. The fraction of sp³-hybridized carbons (Fsp3) is 0.818. The number of aldehydes is 1. The summed E-state index contributed by atoms with van der Waals surface area (Å²) in [5, 5.41) is 77.2. The third kappa shape index (κ3) is 8.43. The molecule has 9 N–H and O–H groups in total. The van der Waals surface area contributed by atoms with Crippen molar-refractivity contribution >= 4 is 12.1 Å². The van der Waals surface area contributed by atoms with Crippen LogP contribution in [0.2, 0.25) is 0 Å². The number of aliphatic hydroxyl groups excluding tert-OH is 9. The van der Waals surface area contributed by atoms with Crippen molar-refractivity contribution in [3.05, 3.63) is 0 Å². The fourth-order valence-electron chi connectivity index (χ4n) is 1.03. The Balaban J connectivity index is 0. The predicted octanol–water partition coefficient (Wildman–Crippen LogP) is -6.12. The van der Waals surface area contributed by atoms with Gasteiger partial charge in [0.1, 0.15) is 43.2 Å². The Morgan fingerprint density at radius 2 is 1.27 bits per heavy atom. The van der Waals surface area contributed by atoms with Gasteiger partial charge in [0.25, 0.3) is 0 Å². The van der Waals surface area contributed by atoms with Crippen molar-refractivity contribution < 1.29 is 55.5 Å². The number of carbonyl (C=O) groups is 2. The van der Waals surface area contributed by atoms with Crippen molar-refractivity contribution in [2.24, 2.45) is 0 Å². The van der Waals surface area contributed by atoms with E-state index < -0.39 is 62.2 Å². The van der Waals surface area contributed by atoms with E-state index in [1.165, 1.54) is 0 Å². The summed E-state index contributed by atoms with van der Waals surface area (Å²) in [5.74, 6) is -0.901. The van der Waals surface area contributed by atoms with Gasteiger partial charge in [-0.1, -0.05) is 0 Å². The molecule has 0 radical (unpaired) electrons. The summed E-state index contributed by atoms with van der Waals surface area (Å²) in [7, 11) is 0. The Morgan fingerprint density at radius 1 is 0.818 bits per heavy atom. The molecular weight excluding hydrogens is 308 g/mol. The molecule has 0 heterocycles. The van der Waals surface area contributed by atoms with E-state index in [9.17, 15) is 9.59 Å². The van der Waals surface area contributed by atoms with E-state index in [0.29, 0.717) is 0 Å². The maximum Gasteiger partial charge on any atom is 0.189 e. The SMILES string of the molecule is O=C(CO)C(O)C(O)CO.O=CC(O)C(O)C(O)C(O)CO. The third-order valence-electron chi connectivity index (χ3n) is 2.46. The van der Waals surface area contributed by atoms with Crippen LogP contribution in [0.1, 0.15) is 0 Å². The molecule has 11 heteroatoms. The first kappa shape index (κ1) is 23.2. The van der Waals surface area contributed by atoms with E-state index in [1.54, 1.807) is 0 Å². The largest absolute Gasteiger partial charge is 0.394 e. The van der Waals surface area contributed by atoms with Crippen molar-refractivity contribution in [3.8, 4) is 0 Å². The second kappa shape index (κ2) is 12.5. The van der Waals surface area contributed by atoms with Crippen LogP contribution in [0.3, 0.4) is 0 Å². The minimum Gasteiger partial charge on any atom is -0.394 e. The lowest BCUT2D eigenvalue weighted by molar-refractivity contribution is -0.137. The lowest BCUT2D eigenvalue weighted by atomic mass is 10.0. The van der Waals surface area contributed by atoms with Crippen LogP contribution in [-0.2, 0) is 9.59 Å².